The molecule has 0 bridgehead atoms. The van der Waals surface area contributed by atoms with Crippen LogP contribution in [0, 0.1) is 0 Å². The number of aromatic nitrogens is 2. The Morgan fingerprint density at radius 3 is 1.67 bits per heavy atom. The SMILES string of the molecule is c1ccc(N(c2ccc3oc4ccccc4c3c2)c2ccc3c4c5ccccc5n(-c5ccccc5)c4n(-c4ccccc4)c3c2)cc1. The molecule has 0 radical (unpaired) electrons. The van der Waals surface area contributed by atoms with E-state index < -0.39 is 0 Å². The molecular formula is C44H29N3O. The van der Waals surface area contributed by atoms with Crippen molar-refractivity contribution in [2.24, 2.45) is 0 Å². The van der Waals surface area contributed by atoms with Gasteiger partial charge in [0.2, 0.25) is 0 Å². The van der Waals surface area contributed by atoms with Crippen molar-refractivity contribution < 1.29 is 4.42 Å². The average Bonchev–Trinajstić information content (AvgIpc) is 3.80. The van der Waals surface area contributed by atoms with Gasteiger partial charge in [-0.25, -0.2) is 0 Å². The fourth-order valence-corrected chi connectivity index (χ4v) is 7.43. The topological polar surface area (TPSA) is 26.2 Å². The molecule has 0 spiro atoms. The number of hydrogen-bond acceptors (Lipinski definition) is 2. The van der Waals surface area contributed by atoms with E-state index in [9.17, 15) is 0 Å². The highest BCUT2D eigenvalue weighted by Crippen LogP contribution is 2.44. The molecule has 0 N–H and O–H groups in total. The van der Waals surface area contributed by atoms with Gasteiger partial charge in [-0.15, -0.1) is 0 Å². The molecule has 0 unspecified atom stereocenters. The number of anilines is 3. The van der Waals surface area contributed by atoms with E-state index in [1.54, 1.807) is 0 Å². The predicted molar refractivity (Wildman–Crippen MR) is 200 cm³/mol. The van der Waals surface area contributed by atoms with Gasteiger partial charge in [0.05, 0.1) is 11.0 Å². The minimum atomic E-state index is 0.887. The first-order valence-corrected chi connectivity index (χ1v) is 16.3. The molecule has 10 rings (SSSR count). The Morgan fingerprint density at radius 2 is 0.917 bits per heavy atom. The van der Waals surface area contributed by atoms with Crippen LogP contribution in [0.25, 0.3) is 66.2 Å². The summed E-state index contributed by atoms with van der Waals surface area (Å²) in [6, 6.07) is 62.4. The van der Waals surface area contributed by atoms with Gasteiger partial charge in [-0.3, -0.25) is 9.13 Å². The van der Waals surface area contributed by atoms with Crippen molar-refractivity contribution in [1.29, 1.82) is 0 Å². The Bertz CT molecular complexity index is 2770. The molecule has 4 heteroatoms. The van der Waals surface area contributed by atoms with E-state index in [1.165, 1.54) is 21.7 Å². The van der Waals surface area contributed by atoms with E-state index in [-0.39, 0.29) is 0 Å². The molecule has 0 aliphatic heterocycles. The van der Waals surface area contributed by atoms with Gasteiger partial charge in [0, 0.05) is 55.4 Å². The van der Waals surface area contributed by atoms with Crippen LogP contribution < -0.4 is 4.90 Å². The van der Waals surface area contributed by atoms with Crippen molar-refractivity contribution in [3.05, 3.63) is 176 Å². The summed E-state index contributed by atoms with van der Waals surface area (Å²) in [5, 5.41) is 5.92. The quantitative estimate of drug-likeness (QED) is 0.193. The second kappa shape index (κ2) is 10.5. The molecule has 3 heterocycles. The first kappa shape index (κ1) is 26.7. The van der Waals surface area contributed by atoms with Crippen LogP contribution in [0.5, 0.6) is 0 Å². The number of nitrogens with zero attached hydrogens (tertiary/aromatic N) is 3. The number of furan rings is 1. The Balaban J connectivity index is 1.29. The van der Waals surface area contributed by atoms with Gasteiger partial charge in [-0.05, 0) is 78.9 Å². The zero-order valence-electron chi connectivity index (χ0n) is 26.0. The molecule has 0 fully saturated rings. The Morgan fingerprint density at radius 1 is 0.375 bits per heavy atom. The van der Waals surface area contributed by atoms with E-state index in [4.69, 9.17) is 4.42 Å². The average molecular weight is 616 g/mol. The molecule has 0 saturated heterocycles. The van der Waals surface area contributed by atoms with Gasteiger partial charge < -0.3 is 9.32 Å². The molecule has 0 saturated carbocycles. The molecule has 226 valence electrons. The highest BCUT2D eigenvalue weighted by atomic mass is 16.3. The molecule has 0 atom stereocenters. The van der Waals surface area contributed by atoms with E-state index >= 15 is 0 Å². The third-order valence-corrected chi connectivity index (χ3v) is 9.47. The second-order valence-electron chi connectivity index (χ2n) is 12.2. The lowest BCUT2D eigenvalue weighted by Crippen LogP contribution is -2.10. The highest BCUT2D eigenvalue weighted by molar-refractivity contribution is 6.23. The first-order valence-electron chi connectivity index (χ1n) is 16.3. The molecule has 7 aromatic carbocycles. The molecule has 4 nitrogen and oxygen atoms in total. The third-order valence-electron chi connectivity index (χ3n) is 9.47. The van der Waals surface area contributed by atoms with Crippen LogP contribution in [0.4, 0.5) is 17.1 Å². The summed E-state index contributed by atoms with van der Waals surface area (Å²) in [7, 11) is 0. The summed E-state index contributed by atoms with van der Waals surface area (Å²) >= 11 is 0. The first-order chi connectivity index (χ1) is 23.8. The minimum absolute atomic E-state index is 0.887. The van der Waals surface area contributed by atoms with Crippen LogP contribution in [0.15, 0.2) is 180 Å². The zero-order chi connectivity index (χ0) is 31.6. The summed E-state index contributed by atoms with van der Waals surface area (Å²) in [5.41, 5.74) is 10.8. The number of benzene rings is 7. The van der Waals surface area contributed by atoms with E-state index in [0.717, 1.165) is 61.5 Å². The standard InChI is InChI=1S/C44H29N3O/c1-4-14-30(15-5-1)45(33-25-27-42-38(28-33)35-20-11-13-23-41(35)48-42)34-24-26-37-40(29-34)47(32-18-8-3-9-19-32)44-43(37)36-21-10-12-22-39(36)46(44)31-16-6-2-7-17-31/h1-29H. The van der Waals surface area contributed by atoms with E-state index in [2.05, 4.69) is 178 Å². The third kappa shape index (κ3) is 3.96. The van der Waals surface area contributed by atoms with Gasteiger partial charge in [-0.1, -0.05) is 97.1 Å². The van der Waals surface area contributed by atoms with Gasteiger partial charge in [0.25, 0.3) is 0 Å². The predicted octanol–water partition coefficient (Wildman–Crippen LogP) is 12.1. The fourth-order valence-electron chi connectivity index (χ4n) is 7.43. The van der Waals surface area contributed by atoms with Crippen LogP contribution in [0.3, 0.4) is 0 Å². The normalized spacial score (nSPS) is 11.8. The molecule has 10 aromatic rings. The molecule has 3 aromatic heterocycles. The van der Waals surface area contributed by atoms with Crippen LogP contribution >= 0.6 is 0 Å². The fraction of sp³-hybridized carbons (Fsp3) is 0. The monoisotopic (exact) mass is 615 g/mol. The number of rotatable bonds is 5. The van der Waals surface area contributed by atoms with Crippen LogP contribution in [0.1, 0.15) is 0 Å². The zero-order valence-corrected chi connectivity index (χ0v) is 26.0. The van der Waals surface area contributed by atoms with Crippen molar-refractivity contribution >= 4 is 71.8 Å². The summed E-state index contributed by atoms with van der Waals surface area (Å²) < 4.78 is 11.0. The Kier molecular flexibility index (Phi) is 5.84. The smallest absolute Gasteiger partial charge is 0.135 e. The summed E-state index contributed by atoms with van der Waals surface area (Å²) in [6.45, 7) is 0. The van der Waals surface area contributed by atoms with Crippen molar-refractivity contribution in [3.8, 4) is 11.4 Å². The second-order valence-corrected chi connectivity index (χ2v) is 12.2. The van der Waals surface area contributed by atoms with Gasteiger partial charge in [0.1, 0.15) is 16.8 Å². The van der Waals surface area contributed by atoms with E-state index in [0.29, 0.717) is 0 Å². The van der Waals surface area contributed by atoms with Crippen molar-refractivity contribution in [2.75, 3.05) is 4.90 Å². The number of fused-ring (bicyclic) bond motifs is 8. The molecule has 0 aliphatic rings. The van der Waals surface area contributed by atoms with E-state index in [1.807, 2.05) is 12.1 Å². The van der Waals surface area contributed by atoms with Gasteiger partial charge in [0.15, 0.2) is 0 Å². The molecule has 0 amide bonds. The largest absolute Gasteiger partial charge is 0.456 e. The van der Waals surface area contributed by atoms with Gasteiger partial charge in [-0.2, -0.15) is 0 Å². The summed E-state index contributed by atoms with van der Waals surface area (Å²) in [4.78, 5) is 2.34. The number of hydrogen-bond donors (Lipinski definition) is 0. The van der Waals surface area contributed by atoms with Crippen LogP contribution in [-0.2, 0) is 0 Å². The summed E-state index contributed by atoms with van der Waals surface area (Å²) in [5.74, 6) is 0. The Hall–Kier alpha value is -6.52. The lowest BCUT2D eigenvalue weighted by molar-refractivity contribution is 0.669. The lowest BCUT2D eigenvalue weighted by Gasteiger charge is -2.26. The minimum Gasteiger partial charge on any atom is -0.456 e. The maximum atomic E-state index is 6.20. The van der Waals surface area contributed by atoms with Crippen molar-refractivity contribution in [3.63, 3.8) is 0 Å². The van der Waals surface area contributed by atoms with Crippen LogP contribution in [-0.4, -0.2) is 9.13 Å². The molecule has 48 heavy (non-hydrogen) atoms. The highest BCUT2D eigenvalue weighted by Gasteiger charge is 2.23. The molecule has 0 aliphatic carbocycles. The number of para-hydroxylation sites is 5. The molecular weight excluding hydrogens is 587 g/mol. The Labute approximate surface area is 276 Å². The maximum Gasteiger partial charge on any atom is 0.135 e. The van der Waals surface area contributed by atoms with Crippen LogP contribution in [0.2, 0.25) is 0 Å². The van der Waals surface area contributed by atoms with Crippen molar-refractivity contribution in [2.45, 2.75) is 0 Å². The summed E-state index contributed by atoms with van der Waals surface area (Å²) in [6.07, 6.45) is 0. The maximum absolute atomic E-state index is 6.20. The lowest BCUT2D eigenvalue weighted by atomic mass is 10.1. The van der Waals surface area contributed by atoms with Gasteiger partial charge >= 0.3 is 0 Å². The van der Waals surface area contributed by atoms with Crippen molar-refractivity contribution in [1.82, 2.24) is 9.13 Å².